The number of rotatable bonds is 4. The summed E-state index contributed by atoms with van der Waals surface area (Å²) in [5, 5.41) is 0. The number of halogens is 3. The molecule has 78 valence electrons. The average Bonchev–Trinajstić information content (AvgIpc) is 1.99. The smallest absolute Gasteiger partial charge is 0.375 e. The summed E-state index contributed by atoms with van der Waals surface area (Å²) in [6.07, 6.45) is -5.21. The first-order valence-electron chi connectivity index (χ1n) is 3.66. The lowest BCUT2D eigenvalue weighted by atomic mass is 10.4. The van der Waals surface area contributed by atoms with Crippen LogP contribution in [0.2, 0.25) is 0 Å². The molecule has 0 N–H and O–H groups in total. The van der Waals surface area contributed by atoms with Crippen molar-refractivity contribution < 1.29 is 22.7 Å². The van der Waals surface area contributed by atoms with E-state index in [0.29, 0.717) is 0 Å². The van der Waals surface area contributed by atoms with Gasteiger partial charge in [-0.25, -0.2) is 0 Å². The predicted octanol–water partition coefficient (Wildman–Crippen LogP) is 1.04. The fraction of sp³-hybridized carbons (Fsp3) is 0.857. The van der Waals surface area contributed by atoms with Gasteiger partial charge in [0.25, 0.3) is 0 Å². The highest BCUT2D eigenvalue weighted by Crippen LogP contribution is 2.19. The highest BCUT2D eigenvalue weighted by molar-refractivity contribution is 5.77. The van der Waals surface area contributed by atoms with Gasteiger partial charge in [0, 0.05) is 20.7 Å². The Balaban J connectivity index is 3.74. The van der Waals surface area contributed by atoms with Gasteiger partial charge in [0.15, 0.2) is 0 Å². The number of methoxy groups -OCH3 is 1. The Bertz CT molecular complexity index is 170. The summed E-state index contributed by atoms with van der Waals surface area (Å²) in [4.78, 5) is 11.9. The minimum atomic E-state index is -4.22. The fourth-order valence-electron chi connectivity index (χ4n) is 0.653. The number of alkyl halides is 3. The molecular weight excluding hydrogens is 187 g/mol. The van der Waals surface area contributed by atoms with Gasteiger partial charge in [-0.3, -0.25) is 4.79 Å². The van der Waals surface area contributed by atoms with Gasteiger partial charge in [-0.1, -0.05) is 0 Å². The third-order valence-electron chi connectivity index (χ3n) is 1.42. The normalized spacial score (nSPS) is 11.5. The molecular formula is C7H12F3NO2. The second-order valence-corrected chi connectivity index (χ2v) is 2.61. The molecule has 0 fully saturated rings. The maximum atomic E-state index is 11.7. The van der Waals surface area contributed by atoms with Gasteiger partial charge in [-0.15, -0.1) is 0 Å². The van der Waals surface area contributed by atoms with E-state index >= 15 is 0 Å². The number of hydrogen-bond acceptors (Lipinski definition) is 2. The van der Waals surface area contributed by atoms with Gasteiger partial charge in [-0.2, -0.15) is 13.2 Å². The Kier molecular flexibility index (Phi) is 4.76. The number of likely N-dealkylation sites (N-methyl/N-ethyl adjacent to an activating group) is 1. The third kappa shape index (κ3) is 6.39. The summed E-state index contributed by atoms with van der Waals surface area (Å²) < 4.78 is 39.6. The van der Waals surface area contributed by atoms with Crippen LogP contribution in [-0.2, 0) is 9.53 Å². The minimum Gasteiger partial charge on any atom is -0.375 e. The van der Waals surface area contributed by atoms with Crippen LogP contribution in [0.3, 0.4) is 0 Å². The molecule has 0 aromatic rings. The van der Waals surface area contributed by atoms with Crippen LogP contribution in [0.1, 0.15) is 6.42 Å². The van der Waals surface area contributed by atoms with Crippen LogP contribution in [0.15, 0.2) is 0 Å². The van der Waals surface area contributed by atoms with Crippen LogP contribution < -0.4 is 0 Å². The first kappa shape index (κ1) is 12.2. The van der Waals surface area contributed by atoms with Crippen molar-refractivity contribution in [3.63, 3.8) is 0 Å². The van der Waals surface area contributed by atoms with Crippen molar-refractivity contribution in [1.82, 2.24) is 4.90 Å². The molecule has 0 radical (unpaired) electrons. The summed E-state index contributed by atoms with van der Waals surface area (Å²) in [5.74, 6) is -0.452. The van der Waals surface area contributed by atoms with Crippen LogP contribution in [0, 0.1) is 0 Å². The SMILES string of the molecule is COCC(=O)N(C)CCC(F)(F)F. The summed E-state index contributed by atoms with van der Waals surface area (Å²) in [5.41, 5.74) is 0. The quantitative estimate of drug-likeness (QED) is 0.677. The van der Waals surface area contributed by atoms with Gasteiger partial charge >= 0.3 is 6.18 Å². The molecule has 0 rings (SSSR count). The van der Waals surface area contributed by atoms with Crippen molar-refractivity contribution in [2.75, 3.05) is 27.3 Å². The van der Waals surface area contributed by atoms with Crippen molar-refractivity contribution in [3.05, 3.63) is 0 Å². The monoisotopic (exact) mass is 199 g/mol. The zero-order valence-electron chi connectivity index (χ0n) is 7.52. The topological polar surface area (TPSA) is 29.5 Å². The molecule has 0 unspecified atom stereocenters. The molecule has 0 bridgehead atoms. The van der Waals surface area contributed by atoms with Gasteiger partial charge in [-0.05, 0) is 0 Å². The summed E-state index contributed by atoms with van der Waals surface area (Å²) in [6.45, 7) is -0.514. The van der Waals surface area contributed by atoms with Crippen LogP contribution in [-0.4, -0.2) is 44.3 Å². The summed E-state index contributed by atoms with van der Waals surface area (Å²) in [6, 6.07) is 0. The standard InChI is InChI=1S/C7H12F3NO2/c1-11(6(12)5-13-2)4-3-7(8,9)10/h3-5H2,1-2H3. The highest BCUT2D eigenvalue weighted by Gasteiger charge is 2.27. The Morgan fingerprint density at radius 3 is 2.38 bits per heavy atom. The van der Waals surface area contributed by atoms with Crippen molar-refractivity contribution in [2.24, 2.45) is 0 Å². The van der Waals surface area contributed by atoms with Crippen LogP contribution >= 0.6 is 0 Å². The van der Waals surface area contributed by atoms with Crippen molar-refractivity contribution in [3.8, 4) is 0 Å². The van der Waals surface area contributed by atoms with Crippen molar-refractivity contribution in [2.45, 2.75) is 12.6 Å². The largest absolute Gasteiger partial charge is 0.390 e. The molecule has 3 nitrogen and oxygen atoms in total. The van der Waals surface area contributed by atoms with E-state index < -0.39 is 18.5 Å². The van der Waals surface area contributed by atoms with Gasteiger partial charge in [0.1, 0.15) is 6.61 Å². The molecule has 0 aromatic carbocycles. The Morgan fingerprint density at radius 2 is 2.00 bits per heavy atom. The predicted molar refractivity (Wildman–Crippen MR) is 40.2 cm³/mol. The Morgan fingerprint density at radius 1 is 1.46 bits per heavy atom. The molecule has 13 heavy (non-hydrogen) atoms. The molecule has 0 aliphatic carbocycles. The van der Waals surface area contributed by atoms with Crippen LogP contribution in [0.5, 0.6) is 0 Å². The molecule has 6 heteroatoms. The van der Waals surface area contributed by atoms with Gasteiger partial charge in [0.2, 0.25) is 5.91 Å². The molecule has 0 spiro atoms. The molecule has 0 saturated carbocycles. The average molecular weight is 199 g/mol. The van der Waals surface area contributed by atoms with E-state index in [1.54, 1.807) is 0 Å². The molecule has 0 atom stereocenters. The number of amides is 1. The van der Waals surface area contributed by atoms with E-state index in [2.05, 4.69) is 4.74 Å². The number of carbonyl (C=O) groups excluding carboxylic acids is 1. The lowest BCUT2D eigenvalue weighted by molar-refractivity contribution is -0.145. The molecule has 0 heterocycles. The highest BCUT2D eigenvalue weighted by atomic mass is 19.4. The second-order valence-electron chi connectivity index (χ2n) is 2.61. The number of ether oxygens (including phenoxy) is 1. The van der Waals surface area contributed by atoms with E-state index in [-0.39, 0.29) is 13.2 Å². The van der Waals surface area contributed by atoms with Crippen molar-refractivity contribution >= 4 is 5.91 Å². The maximum absolute atomic E-state index is 11.7. The Hall–Kier alpha value is -0.780. The van der Waals surface area contributed by atoms with E-state index in [1.807, 2.05) is 0 Å². The lowest BCUT2D eigenvalue weighted by Crippen LogP contribution is -2.32. The summed E-state index contributed by atoms with van der Waals surface area (Å²) >= 11 is 0. The van der Waals surface area contributed by atoms with Crippen LogP contribution in [0.25, 0.3) is 0 Å². The number of carbonyl (C=O) groups is 1. The number of hydrogen-bond donors (Lipinski definition) is 0. The molecule has 0 saturated heterocycles. The second kappa shape index (κ2) is 5.06. The third-order valence-corrected chi connectivity index (χ3v) is 1.42. The minimum absolute atomic E-state index is 0.186. The van der Waals surface area contributed by atoms with Gasteiger partial charge < -0.3 is 9.64 Å². The molecule has 0 aliphatic rings. The summed E-state index contributed by atoms with van der Waals surface area (Å²) in [7, 11) is 2.63. The van der Waals surface area contributed by atoms with Crippen LogP contribution in [0.4, 0.5) is 13.2 Å². The number of nitrogens with zero attached hydrogens (tertiary/aromatic N) is 1. The molecule has 0 aromatic heterocycles. The van der Waals surface area contributed by atoms with E-state index in [1.165, 1.54) is 14.2 Å². The van der Waals surface area contributed by atoms with Crippen molar-refractivity contribution in [1.29, 1.82) is 0 Å². The first-order valence-corrected chi connectivity index (χ1v) is 3.66. The zero-order valence-corrected chi connectivity index (χ0v) is 7.52. The van der Waals surface area contributed by atoms with E-state index in [4.69, 9.17) is 0 Å². The zero-order chi connectivity index (χ0) is 10.5. The first-order chi connectivity index (χ1) is 5.87. The fourth-order valence-corrected chi connectivity index (χ4v) is 0.653. The van der Waals surface area contributed by atoms with Gasteiger partial charge in [0.05, 0.1) is 6.42 Å². The lowest BCUT2D eigenvalue weighted by Gasteiger charge is -2.17. The maximum Gasteiger partial charge on any atom is 0.390 e. The van der Waals surface area contributed by atoms with E-state index in [9.17, 15) is 18.0 Å². The van der Waals surface area contributed by atoms with E-state index in [0.717, 1.165) is 4.90 Å². The molecule has 0 aliphatic heterocycles. The Labute approximate surface area is 74.5 Å². The molecule has 1 amide bonds.